The van der Waals surface area contributed by atoms with Gasteiger partial charge in [0.2, 0.25) is 0 Å². The van der Waals surface area contributed by atoms with Gasteiger partial charge in [0.05, 0.1) is 19.1 Å². The fourth-order valence-electron chi connectivity index (χ4n) is 2.79. The Hall–Kier alpha value is -1.64. The van der Waals surface area contributed by atoms with Gasteiger partial charge in [0.25, 0.3) is 0 Å². The van der Waals surface area contributed by atoms with Gasteiger partial charge in [0.1, 0.15) is 5.75 Å². The first-order chi connectivity index (χ1) is 14.3. The van der Waals surface area contributed by atoms with E-state index in [1.165, 1.54) is 12.0 Å². The van der Waals surface area contributed by atoms with Crippen molar-refractivity contribution in [2.24, 2.45) is 10.8 Å². The fourth-order valence-corrected chi connectivity index (χ4v) is 4.47. The van der Waals surface area contributed by atoms with Crippen LogP contribution in [0.2, 0.25) is 0 Å². The molecule has 0 fully saturated rings. The molecule has 2 nitrogen and oxygen atoms in total. The van der Waals surface area contributed by atoms with Crippen molar-refractivity contribution in [1.29, 1.82) is 0 Å². The second kappa shape index (κ2) is 12.4. The van der Waals surface area contributed by atoms with Gasteiger partial charge in [0.15, 0.2) is 0 Å². The number of allylic oxidation sites excluding steroid dienone is 7. The summed E-state index contributed by atoms with van der Waals surface area (Å²) in [6, 6.07) is 9.75. The van der Waals surface area contributed by atoms with Crippen LogP contribution in [0.15, 0.2) is 75.6 Å². The summed E-state index contributed by atoms with van der Waals surface area (Å²) in [6.07, 6.45) is 9.85. The Morgan fingerprint density at radius 1 is 0.968 bits per heavy atom. The van der Waals surface area contributed by atoms with Crippen LogP contribution in [-0.2, 0) is 23.4 Å². The molecule has 0 bridgehead atoms. The monoisotopic (exact) mass is 457 g/mol. The Bertz CT molecular complexity index is 851. The second-order valence-corrected chi connectivity index (χ2v) is 13.1. The third-order valence-electron chi connectivity index (χ3n) is 4.76. The van der Waals surface area contributed by atoms with Crippen LogP contribution < -0.4 is 4.74 Å². The van der Waals surface area contributed by atoms with Crippen LogP contribution in [0, 0.1) is 10.8 Å². The van der Waals surface area contributed by atoms with Gasteiger partial charge < -0.3 is 9.47 Å². The number of hydrogen-bond acceptors (Lipinski definition) is 2. The van der Waals surface area contributed by atoms with Crippen molar-refractivity contribution < 1.29 is 28.2 Å². The number of ether oxygens (including phenoxy) is 2. The molecule has 0 saturated heterocycles. The molecular weight excluding hydrogens is 416 g/mol. The van der Waals surface area contributed by atoms with E-state index >= 15 is 0 Å². The van der Waals surface area contributed by atoms with Crippen molar-refractivity contribution in [2.75, 3.05) is 7.11 Å². The Morgan fingerprint density at radius 3 is 2.03 bits per heavy atom. The number of benzene rings is 1. The van der Waals surface area contributed by atoms with Gasteiger partial charge in [-0.1, -0.05) is 39.0 Å². The molecular formula is C28H41O2Ti. The number of hydrogen-bond donors (Lipinski definition) is 0. The van der Waals surface area contributed by atoms with E-state index in [-0.39, 0.29) is 24.1 Å². The summed E-state index contributed by atoms with van der Waals surface area (Å²) >= 11 is 0.0803. The van der Waals surface area contributed by atoms with Crippen molar-refractivity contribution in [2.45, 2.75) is 68.7 Å². The molecule has 31 heavy (non-hydrogen) atoms. The molecule has 0 aliphatic heterocycles. The molecule has 0 radical (unpaired) electrons. The van der Waals surface area contributed by atoms with Crippen LogP contribution in [0.25, 0.3) is 0 Å². The first kappa shape index (κ1) is 27.4. The van der Waals surface area contributed by atoms with E-state index in [2.05, 4.69) is 67.5 Å². The molecule has 169 valence electrons. The SMILES string of the molecule is COC(C)=CC(=COc1ccccc1)C(C)(C)C.C[C](C)=[Ti][C]1=CC(C(C)(C)C)=CC1. The van der Waals surface area contributed by atoms with Crippen molar-refractivity contribution in [1.82, 2.24) is 0 Å². The number of rotatable bonds is 5. The van der Waals surface area contributed by atoms with Crippen LogP contribution in [0.1, 0.15) is 68.7 Å². The third-order valence-corrected chi connectivity index (χ3v) is 6.59. The summed E-state index contributed by atoms with van der Waals surface area (Å²) in [7, 11) is 1.67. The van der Waals surface area contributed by atoms with Gasteiger partial charge in [-0.05, 0) is 36.1 Å². The molecule has 1 aliphatic carbocycles. The molecule has 1 aromatic rings. The Balaban J connectivity index is 0.000000327. The van der Waals surface area contributed by atoms with Crippen molar-refractivity contribution in [3.8, 4) is 5.75 Å². The molecule has 0 aromatic heterocycles. The zero-order valence-corrected chi connectivity index (χ0v) is 22.8. The van der Waals surface area contributed by atoms with Gasteiger partial charge in [-0.25, -0.2) is 0 Å². The molecule has 1 aromatic carbocycles. The van der Waals surface area contributed by atoms with Crippen molar-refractivity contribution in [3.05, 3.63) is 75.6 Å². The molecule has 0 N–H and O–H groups in total. The molecule has 1 aliphatic rings. The predicted octanol–water partition coefficient (Wildman–Crippen LogP) is 8.09. The van der Waals surface area contributed by atoms with E-state index in [0.717, 1.165) is 17.1 Å². The Kier molecular flexibility index (Phi) is 11.0. The van der Waals surface area contributed by atoms with Gasteiger partial charge in [-0.15, -0.1) is 0 Å². The summed E-state index contributed by atoms with van der Waals surface area (Å²) < 4.78 is 14.2. The fraction of sp³-hybridized carbons (Fsp3) is 0.464. The predicted molar refractivity (Wildman–Crippen MR) is 132 cm³/mol. The Morgan fingerprint density at radius 2 is 1.58 bits per heavy atom. The zero-order valence-electron chi connectivity index (χ0n) is 21.2. The van der Waals surface area contributed by atoms with Gasteiger partial charge in [-0.3, -0.25) is 0 Å². The minimum absolute atomic E-state index is 0.00850. The molecule has 0 amide bonds. The summed E-state index contributed by atoms with van der Waals surface area (Å²) in [6.45, 7) is 19.8. The summed E-state index contributed by atoms with van der Waals surface area (Å²) in [5.41, 5.74) is 2.97. The van der Waals surface area contributed by atoms with Gasteiger partial charge >= 0.3 is 90.6 Å². The molecule has 0 saturated carbocycles. The van der Waals surface area contributed by atoms with E-state index in [9.17, 15) is 0 Å². The molecule has 2 rings (SSSR count). The summed E-state index contributed by atoms with van der Waals surface area (Å²) in [5, 5.41) is 0. The normalized spacial score (nSPS) is 14.6. The third kappa shape index (κ3) is 11.0. The first-order valence-corrected chi connectivity index (χ1v) is 12.5. The molecule has 0 unspecified atom stereocenters. The van der Waals surface area contributed by atoms with E-state index in [4.69, 9.17) is 9.47 Å². The first-order valence-electron chi connectivity index (χ1n) is 11.0. The van der Waals surface area contributed by atoms with Crippen LogP contribution in [0.5, 0.6) is 5.75 Å². The molecule has 0 heterocycles. The molecule has 0 spiro atoms. The molecule has 3 heteroatoms. The second-order valence-electron chi connectivity index (χ2n) is 10.1. The van der Waals surface area contributed by atoms with Crippen LogP contribution in [-0.4, -0.2) is 10.9 Å². The van der Waals surface area contributed by atoms with E-state index in [1.54, 1.807) is 21.1 Å². The van der Waals surface area contributed by atoms with Crippen LogP contribution in [0.3, 0.4) is 0 Å². The zero-order chi connectivity index (χ0) is 23.7. The number of methoxy groups -OCH3 is 1. The van der Waals surface area contributed by atoms with Crippen LogP contribution >= 0.6 is 0 Å². The average Bonchev–Trinajstić information content (AvgIpc) is 3.13. The minimum atomic E-state index is 0.00850. The van der Waals surface area contributed by atoms with Crippen molar-refractivity contribution in [3.63, 3.8) is 0 Å². The molecule has 0 atom stereocenters. The average molecular weight is 458 g/mol. The van der Waals surface area contributed by atoms with Gasteiger partial charge in [-0.2, -0.15) is 0 Å². The number of para-hydroxylation sites is 1. The van der Waals surface area contributed by atoms with E-state index in [1.807, 2.05) is 43.3 Å². The van der Waals surface area contributed by atoms with Crippen LogP contribution in [0.4, 0.5) is 0 Å². The summed E-state index contributed by atoms with van der Waals surface area (Å²) in [5.74, 6) is 1.70. The van der Waals surface area contributed by atoms with Gasteiger partial charge in [0, 0.05) is 0 Å². The van der Waals surface area contributed by atoms with E-state index in [0.29, 0.717) is 5.41 Å². The van der Waals surface area contributed by atoms with E-state index < -0.39 is 0 Å². The maximum absolute atomic E-state index is 5.68. The standard InChI is InChI=1S/C16H22O2.C9H13.C3H6.Ti/c1-13(17-5)11-14(16(2,3)4)12-18-15-9-7-6-8-10-15;1-9(2,3)8-6-4-5-7-8;1-3-2;/h6-12H,1-5H3;6-7H,4H2,1-3H3;1-2H3;. The quantitative estimate of drug-likeness (QED) is 0.253. The maximum atomic E-state index is 5.68. The van der Waals surface area contributed by atoms with Crippen molar-refractivity contribution >= 4 is 3.81 Å². The topological polar surface area (TPSA) is 18.5 Å². The Labute approximate surface area is 199 Å². The summed E-state index contributed by atoms with van der Waals surface area (Å²) in [4.78, 5) is 0.